The van der Waals surface area contributed by atoms with E-state index >= 15 is 0 Å². The Kier molecular flexibility index (Phi) is 5.62. The Hall–Kier alpha value is -0.860. The lowest BCUT2D eigenvalue weighted by Crippen LogP contribution is -2.42. The predicted octanol–water partition coefficient (Wildman–Crippen LogP) is 3.96. The van der Waals surface area contributed by atoms with Gasteiger partial charge in [0, 0.05) is 18.6 Å². The molecule has 112 valence electrons. The van der Waals surface area contributed by atoms with Gasteiger partial charge in [-0.2, -0.15) is 0 Å². The second kappa shape index (κ2) is 7.24. The average Bonchev–Trinajstić information content (AvgIpc) is 2.44. The molecule has 0 aromatic heterocycles. The molecule has 1 unspecified atom stereocenters. The maximum atomic E-state index is 6.15. The summed E-state index contributed by atoms with van der Waals surface area (Å²) in [5.74, 6) is 0. The number of rotatable bonds is 5. The molecular formula is C18H30N2. The zero-order chi connectivity index (χ0) is 14.5. The van der Waals surface area contributed by atoms with Crippen LogP contribution in [0.5, 0.6) is 0 Å². The average molecular weight is 274 g/mol. The third kappa shape index (κ3) is 3.62. The monoisotopic (exact) mass is 274 g/mol. The second-order valence-electron chi connectivity index (χ2n) is 6.29. The minimum atomic E-state index is 0.377. The number of nitrogens with two attached hydrogens (primary N) is 1. The lowest BCUT2D eigenvalue weighted by atomic mass is 9.91. The van der Waals surface area contributed by atoms with E-state index in [2.05, 4.69) is 43.9 Å². The molecule has 1 saturated carbocycles. The summed E-state index contributed by atoms with van der Waals surface area (Å²) in [6.07, 6.45) is 6.85. The number of aryl methyl sites for hydroxylation is 2. The van der Waals surface area contributed by atoms with E-state index in [1.54, 1.807) is 0 Å². The van der Waals surface area contributed by atoms with Crippen LogP contribution in [0.3, 0.4) is 0 Å². The van der Waals surface area contributed by atoms with Crippen LogP contribution in [0.1, 0.15) is 61.8 Å². The van der Waals surface area contributed by atoms with Crippen LogP contribution < -0.4 is 5.73 Å². The highest BCUT2D eigenvalue weighted by Crippen LogP contribution is 2.30. The van der Waals surface area contributed by atoms with E-state index < -0.39 is 0 Å². The molecule has 0 amide bonds. The van der Waals surface area contributed by atoms with E-state index in [-0.39, 0.29) is 0 Å². The number of nitrogens with zero attached hydrogens (tertiary/aromatic N) is 1. The molecule has 2 rings (SSSR count). The largest absolute Gasteiger partial charge is 0.329 e. The van der Waals surface area contributed by atoms with Crippen molar-refractivity contribution >= 4 is 0 Å². The number of benzene rings is 1. The molecule has 0 saturated heterocycles. The van der Waals surface area contributed by atoms with Crippen LogP contribution in [0.15, 0.2) is 18.2 Å². The van der Waals surface area contributed by atoms with Gasteiger partial charge in [-0.15, -0.1) is 0 Å². The molecule has 1 atom stereocenters. The summed E-state index contributed by atoms with van der Waals surface area (Å²) in [7, 11) is 0. The van der Waals surface area contributed by atoms with E-state index in [9.17, 15) is 0 Å². The fourth-order valence-corrected chi connectivity index (χ4v) is 3.81. The van der Waals surface area contributed by atoms with Crippen molar-refractivity contribution < 1.29 is 0 Å². The van der Waals surface area contributed by atoms with Crippen molar-refractivity contribution in [3.8, 4) is 0 Å². The van der Waals surface area contributed by atoms with Crippen molar-refractivity contribution in [3.05, 3.63) is 34.9 Å². The molecule has 2 nitrogen and oxygen atoms in total. The zero-order valence-corrected chi connectivity index (χ0v) is 13.4. The predicted molar refractivity (Wildman–Crippen MR) is 87.0 cm³/mol. The lowest BCUT2D eigenvalue weighted by molar-refractivity contribution is 0.114. The standard InChI is InChI=1S/C18H30N2/c1-4-20(17-8-6-5-7-9-17)18(13-19)16-11-14(2)10-15(3)12-16/h10-12,17-18H,4-9,13,19H2,1-3H3. The zero-order valence-electron chi connectivity index (χ0n) is 13.4. The van der Waals surface area contributed by atoms with Crippen LogP contribution in [0, 0.1) is 13.8 Å². The van der Waals surface area contributed by atoms with E-state index in [1.807, 2.05) is 0 Å². The van der Waals surface area contributed by atoms with Crippen molar-refractivity contribution in [3.63, 3.8) is 0 Å². The number of hydrogen-bond donors (Lipinski definition) is 1. The molecule has 0 aliphatic heterocycles. The molecule has 1 aromatic carbocycles. The van der Waals surface area contributed by atoms with Gasteiger partial charge in [-0.05, 0) is 38.8 Å². The molecule has 0 heterocycles. The van der Waals surface area contributed by atoms with Crippen LogP contribution in [0.2, 0.25) is 0 Å². The highest BCUT2D eigenvalue weighted by molar-refractivity contribution is 5.31. The minimum Gasteiger partial charge on any atom is -0.329 e. The second-order valence-corrected chi connectivity index (χ2v) is 6.29. The molecule has 1 fully saturated rings. The summed E-state index contributed by atoms with van der Waals surface area (Å²) in [4.78, 5) is 2.65. The summed E-state index contributed by atoms with van der Waals surface area (Å²) in [6, 6.07) is 7.98. The molecular weight excluding hydrogens is 244 g/mol. The van der Waals surface area contributed by atoms with Crippen LogP contribution in [-0.2, 0) is 0 Å². The topological polar surface area (TPSA) is 29.3 Å². The normalized spacial score (nSPS) is 18.4. The minimum absolute atomic E-state index is 0.377. The van der Waals surface area contributed by atoms with Gasteiger partial charge < -0.3 is 5.73 Å². The molecule has 20 heavy (non-hydrogen) atoms. The van der Waals surface area contributed by atoms with Gasteiger partial charge in [0.2, 0.25) is 0 Å². The number of hydrogen-bond acceptors (Lipinski definition) is 2. The van der Waals surface area contributed by atoms with Crippen LogP contribution in [0.25, 0.3) is 0 Å². The van der Waals surface area contributed by atoms with E-state index in [0.29, 0.717) is 12.6 Å². The Morgan fingerprint density at radius 3 is 2.20 bits per heavy atom. The fourth-order valence-electron chi connectivity index (χ4n) is 3.81. The summed E-state index contributed by atoms with van der Waals surface area (Å²) in [5.41, 5.74) is 10.2. The van der Waals surface area contributed by atoms with E-state index in [0.717, 1.165) is 12.6 Å². The van der Waals surface area contributed by atoms with Crippen molar-refractivity contribution in [1.82, 2.24) is 4.90 Å². The Bertz CT molecular complexity index is 401. The molecule has 1 aromatic rings. The highest BCUT2D eigenvalue weighted by atomic mass is 15.2. The first kappa shape index (κ1) is 15.5. The molecule has 2 N–H and O–H groups in total. The fraction of sp³-hybridized carbons (Fsp3) is 0.667. The van der Waals surface area contributed by atoms with Gasteiger partial charge in [0.1, 0.15) is 0 Å². The van der Waals surface area contributed by atoms with Gasteiger partial charge in [0.05, 0.1) is 0 Å². The van der Waals surface area contributed by atoms with Gasteiger partial charge in [-0.3, -0.25) is 4.90 Å². The van der Waals surface area contributed by atoms with Gasteiger partial charge in [0.25, 0.3) is 0 Å². The van der Waals surface area contributed by atoms with Crippen LogP contribution >= 0.6 is 0 Å². The Labute approximate surface area is 124 Å². The van der Waals surface area contributed by atoms with E-state index in [4.69, 9.17) is 5.73 Å². The van der Waals surface area contributed by atoms with Crippen LogP contribution in [0.4, 0.5) is 0 Å². The van der Waals surface area contributed by atoms with Crippen molar-refractivity contribution in [2.24, 2.45) is 5.73 Å². The van der Waals surface area contributed by atoms with Crippen molar-refractivity contribution in [2.75, 3.05) is 13.1 Å². The van der Waals surface area contributed by atoms with Crippen molar-refractivity contribution in [2.45, 2.75) is 65.0 Å². The SMILES string of the molecule is CCN(C1CCCCC1)C(CN)c1cc(C)cc(C)c1. The maximum absolute atomic E-state index is 6.15. The summed E-state index contributed by atoms with van der Waals surface area (Å²) < 4.78 is 0. The smallest absolute Gasteiger partial charge is 0.0473 e. The van der Waals surface area contributed by atoms with Gasteiger partial charge in [-0.1, -0.05) is 55.5 Å². The maximum Gasteiger partial charge on any atom is 0.0473 e. The molecule has 1 aliphatic rings. The third-order valence-electron chi connectivity index (χ3n) is 4.66. The lowest BCUT2D eigenvalue weighted by Gasteiger charge is -2.39. The molecule has 0 bridgehead atoms. The Balaban J connectivity index is 2.23. The molecule has 0 spiro atoms. The molecule has 0 radical (unpaired) electrons. The first-order valence-electron chi connectivity index (χ1n) is 8.19. The number of likely N-dealkylation sites (N-methyl/N-ethyl adjacent to an activating group) is 1. The summed E-state index contributed by atoms with van der Waals surface area (Å²) in [6.45, 7) is 8.45. The van der Waals surface area contributed by atoms with Crippen molar-refractivity contribution in [1.29, 1.82) is 0 Å². The highest BCUT2D eigenvalue weighted by Gasteiger charge is 2.26. The van der Waals surface area contributed by atoms with Crippen LogP contribution in [-0.4, -0.2) is 24.0 Å². The van der Waals surface area contributed by atoms with Gasteiger partial charge in [-0.25, -0.2) is 0 Å². The van der Waals surface area contributed by atoms with Gasteiger partial charge >= 0.3 is 0 Å². The Morgan fingerprint density at radius 1 is 1.10 bits per heavy atom. The van der Waals surface area contributed by atoms with Gasteiger partial charge in [0.15, 0.2) is 0 Å². The summed E-state index contributed by atoms with van der Waals surface area (Å²) in [5, 5.41) is 0. The third-order valence-corrected chi connectivity index (χ3v) is 4.66. The van der Waals surface area contributed by atoms with E-state index in [1.165, 1.54) is 48.8 Å². The molecule has 2 heteroatoms. The first-order chi connectivity index (χ1) is 9.65. The quantitative estimate of drug-likeness (QED) is 0.880. The summed E-state index contributed by atoms with van der Waals surface area (Å²) >= 11 is 0. The molecule has 1 aliphatic carbocycles. The Morgan fingerprint density at radius 2 is 1.70 bits per heavy atom. The first-order valence-corrected chi connectivity index (χ1v) is 8.19.